The smallest absolute Gasteiger partial charge is 0.258 e. The number of carbonyl (C=O) groups is 4. The van der Waals surface area contributed by atoms with E-state index in [-0.39, 0.29) is 39.6 Å². The van der Waals surface area contributed by atoms with Crippen LogP contribution in [0.5, 0.6) is 11.5 Å². The largest absolute Gasteiger partial charge is 0.508 e. The molecule has 54 heavy (non-hydrogen) atoms. The first-order chi connectivity index (χ1) is 25.7. The number of ether oxygens (including phenoxy) is 2. The first-order valence-corrected chi connectivity index (χ1v) is 17.6. The minimum atomic E-state index is -2.73. The standard InChI is InChI=1S/C37H28Cl2F5N3O7/c1-53-23-14-18(48)6-7-20(23)25-19-8-9-21-24(33(50)46(32(21)49)17-4-2-16(3-5-17)45-10-12-54-13-11-45)22(19)15-36(38)34(51)47(35(52)37(25,36)39)31-29(43)27(41)26(40)28(42)30(31)44/h2-8,14,21-22,24-25,48H,9-13,15H2,1H3. The van der Waals surface area contributed by atoms with Crippen LogP contribution in [0.1, 0.15) is 24.3 Å². The molecule has 6 atom stereocenters. The first kappa shape index (κ1) is 36.3. The number of allylic oxidation sites excluding steroid dienone is 2. The number of rotatable bonds is 5. The molecule has 10 nitrogen and oxygen atoms in total. The number of fused-ring (bicyclic) bond motifs is 4. The van der Waals surface area contributed by atoms with Crippen LogP contribution < -0.4 is 19.4 Å². The number of aromatic hydroxyl groups is 1. The van der Waals surface area contributed by atoms with E-state index in [1.165, 1.54) is 19.2 Å². The summed E-state index contributed by atoms with van der Waals surface area (Å²) in [6.45, 7) is 2.39. The summed E-state index contributed by atoms with van der Waals surface area (Å²) in [4.78, 5) is 54.8. The van der Waals surface area contributed by atoms with Crippen LogP contribution in [-0.2, 0) is 23.9 Å². The summed E-state index contributed by atoms with van der Waals surface area (Å²) in [6.07, 6.45) is 0.895. The van der Waals surface area contributed by atoms with Crippen LogP contribution in [0.25, 0.3) is 0 Å². The fourth-order valence-electron chi connectivity index (χ4n) is 8.74. The Morgan fingerprint density at radius 2 is 1.41 bits per heavy atom. The topological polar surface area (TPSA) is 117 Å². The average Bonchev–Trinajstić information content (AvgIpc) is 3.51. The van der Waals surface area contributed by atoms with E-state index in [0.717, 1.165) is 16.7 Å². The number of anilines is 3. The third-order valence-electron chi connectivity index (χ3n) is 11.2. The number of nitrogens with zero attached hydrogens (tertiary/aromatic N) is 3. The number of methoxy groups -OCH3 is 1. The summed E-state index contributed by atoms with van der Waals surface area (Å²) >= 11 is 14.4. The Kier molecular flexibility index (Phi) is 8.51. The van der Waals surface area contributed by atoms with E-state index in [2.05, 4.69) is 4.90 Å². The van der Waals surface area contributed by atoms with Gasteiger partial charge in [0.15, 0.2) is 33.0 Å². The van der Waals surface area contributed by atoms with Gasteiger partial charge in [0.25, 0.3) is 11.8 Å². The molecule has 3 heterocycles. The molecule has 17 heteroatoms. The second kappa shape index (κ2) is 12.7. The van der Waals surface area contributed by atoms with Gasteiger partial charge in [-0.25, -0.2) is 26.9 Å². The highest BCUT2D eigenvalue weighted by molar-refractivity contribution is 6.58. The molecule has 5 aliphatic rings. The van der Waals surface area contributed by atoms with Crippen molar-refractivity contribution in [2.45, 2.75) is 28.5 Å². The van der Waals surface area contributed by atoms with Crippen LogP contribution in [0, 0.1) is 46.8 Å². The molecule has 2 aliphatic carbocycles. The monoisotopic (exact) mass is 791 g/mol. The zero-order chi connectivity index (χ0) is 38.6. The van der Waals surface area contributed by atoms with Crippen molar-refractivity contribution in [2.75, 3.05) is 48.1 Å². The molecule has 8 rings (SSSR count). The van der Waals surface area contributed by atoms with Crippen LogP contribution in [0.3, 0.4) is 0 Å². The SMILES string of the molecule is COc1cc(O)ccc1C1C2=CCC3C(=O)N(c4ccc(N5CCOCC5)cc4)C(=O)C3C2CC2(Cl)C(=O)N(c3c(F)c(F)c(F)c(F)c3F)C(=O)C12Cl. The maximum Gasteiger partial charge on any atom is 0.258 e. The van der Waals surface area contributed by atoms with Crippen LogP contribution >= 0.6 is 23.2 Å². The van der Waals surface area contributed by atoms with E-state index in [1.54, 1.807) is 30.3 Å². The maximum absolute atomic E-state index is 15.3. The molecule has 3 saturated heterocycles. The first-order valence-electron chi connectivity index (χ1n) is 16.8. The lowest BCUT2D eigenvalue weighted by molar-refractivity contribution is -0.125. The van der Waals surface area contributed by atoms with Crippen LogP contribution in [0.2, 0.25) is 0 Å². The second-order valence-corrected chi connectivity index (χ2v) is 15.0. The summed E-state index contributed by atoms with van der Waals surface area (Å²) in [5, 5.41) is 10.3. The lowest BCUT2D eigenvalue weighted by Crippen LogP contribution is -2.60. The highest BCUT2D eigenvalue weighted by Gasteiger charge is 2.77. The average molecular weight is 793 g/mol. The van der Waals surface area contributed by atoms with Crippen molar-refractivity contribution in [2.24, 2.45) is 17.8 Å². The Morgan fingerprint density at radius 3 is 2.04 bits per heavy atom. The van der Waals surface area contributed by atoms with Crippen molar-refractivity contribution in [1.82, 2.24) is 0 Å². The molecule has 4 fully saturated rings. The number of hydrogen-bond acceptors (Lipinski definition) is 8. The fraction of sp³-hybridized carbons (Fsp3) is 0.351. The van der Waals surface area contributed by atoms with Gasteiger partial charge in [0.1, 0.15) is 17.2 Å². The number of alkyl halides is 2. The molecule has 0 bridgehead atoms. The summed E-state index contributed by atoms with van der Waals surface area (Å²) in [5.41, 5.74) is -0.454. The number of phenols is 1. The van der Waals surface area contributed by atoms with E-state index < -0.39 is 98.2 Å². The minimum Gasteiger partial charge on any atom is -0.508 e. The maximum atomic E-state index is 15.3. The van der Waals surface area contributed by atoms with E-state index in [0.29, 0.717) is 26.3 Å². The fourth-order valence-corrected chi connectivity index (χ4v) is 9.67. The van der Waals surface area contributed by atoms with Gasteiger partial charge in [0, 0.05) is 36.3 Å². The van der Waals surface area contributed by atoms with Crippen molar-refractivity contribution >= 4 is 63.9 Å². The van der Waals surface area contributed by atoms with Crippen molar-refractivity contribution in [1.29, 1.82) is 0 Å². The number of hydrogen-bond donors (Lipinski definition) is 1. The van der Waals surface area contributed by atoms with Gasteiger partial charge in [-0.1, -0.05) is 17.7 Å². The van der Waals surface area contributed by atoms with E-state index >= 15 is 8.78 Å². The highest BCUT2D eigenvalue weighted by atomic mass is 35.5. The Hall–Kier alpha value is -4.73. The van der Waals surface area contributed by atoms with E-state index in [4.69, 9.17) is 32.7 Å². The highest BCUT2D eigenvalue weighted by Crippen LogP contribution is 2.67. The van der Waals surface area contributed by atoms with Gasteiger partial charge in [0.2, 0.25) is 17.6 Å². The van der Waals surface area contributed by atoms with Crippen molar-refractivity contribution < 1.29 is 55.7 Å². The number of phenolic OH excluding ortho intramolecular Hbond substituents is 1. The van der Waals surface area contributed by atoms with Gasteiger partial charge in [0.05, 0.1) is 37.8 Å². The molecule has 282 valence electrons. The molecule has 0 aromatic heterocycles. The van der Waals surface area contributed by atoms with Gasteiger partial charge < -0.3 is 19.5 Å². The quantitative estimate of drug-likeness (QED) is 0.0875. The summed E-state index contributed by atoms with van der Waals surface area (Å²) < 4.78 is 84.6. The predicted molar refractivity (Wildman–Crippen MR) is 183 cm³/mol. The molecule has 0 spiro atoms. The zero-order valence-corrected chi connectivity index (χ0v) is 29.6. The lowest BCUT2D eigenvalue weighted by atomic mass is 9.56. The molecule has 3 aromatic rings. The molecule has 1 N–H and O–H groups in total. The molecule has 3 aliphatic heterocycles. The number of amides is 4. The minimum absolute atomic E-state index is 0.0356. The molecule has 4 amide bonds. The van der Waals surface area contributed by atoms with Crippen molar-refractivity contribution in [3.8, 4) is 11.5 Å². The number of halogens is 7. The van der Waals surface area contributed by atoms with Crippen molar-refractivity contribution in [3.63, 3.8) is 0 Å². The third-order valence-corrected chi connectivity index (χ3v) is 12.6. The van der Waals surface area contributed by atoms with Gasteiger partial charge in [-0.2, -0.15) is 0 Å². The number of morpholine rings is 1. The molecular formula is C37H28Cl2F5N3O7. The zero-order valence-electron chi connectivity index (χ0n) is 28.1. The van der Waals surface area contributed by atoms with Crippen LogP contribution in [-0.4, -0.2) is 71.9 Å². The number of imide groups is 2. The third kappa shape index (κ3) is 4.80. The summed E-state index contributed by atoms with van der Waals surface area (Å²) in [5.74, 6) is -21.9. The summed E-state index contributed by atoms with van der Waals surface area (Å²) in [7, 11) is 1.23. The van der Waals surface area contributed by atoms with Gasteiger partial charge in [-0.05, 0) is 49.1 Å². The Labute approximate surface area is 313 Å². The van der Waals surface area contributed by atoms with Crippen LogP contribution in [0.15, 0.2) is 54.1 Å². The molecule has 3 aromatic carbocycles. The Morgan fingerprint density at radius 1 is 0.796 bits per heavy atom. The van der Waals surface area contributed by atoms with Gasteiger partial charge in [-0.15, -0.1) is 23.2 Å². The summed E-state index contributed by atoms with van der Waals surface area (Å²) in [6, 6.07) is 10.5. The van der Waals surface area contributed by atoms with E-state index in [9.17, 15) is 37.5 Å². The predicted octanol–water partition coefficient (Wildman–Crippen LogP) is 5.70. The van der Waals surface area contributed by atoms with Crippen molar-refractivity contribution in [3.05, 3.63) is 88.8 Å². The molecule has 1 saturated carbocycles. The second-order valence-electron chi connectivity index (χ2n) is 13.7. The van der Waals surface area contributed by atoms with Gasteiger partial charge in [-0.3, -0.25) is 24.1 Å². The molecular weight excluding hydrogens is 764 g/mol. The molecule has 6 unspecified atom stereocenters. The van der Waals surface area contributed by atoms with Crippen LogP contribution in [0.4, 0.5) is 39.0 Å². The number of carbonyl (C=O) groups excluding carboxylic acids is 4. The lowest BCUT2D eigenvalue weighted by Gasteiger charge is -2.50. The Balaban J connectivity index is 1.26. The van der Waals surface area contributed by atoms with E-state index in [1.807, 2.05) is 0 Å². The number of benzene rings is 3. The normalized spacial score (nSPS) is 29.3. The molecule has 0 radical (unpaired) electrons. The Bertz CT molecular complexity index is 2170. The van der Waals surface area contributed by atoms with Gasteiger partial charge >= 0.3 is 0 Å².